The number of carbonyl (C=O) groups excluding carboxylic acids is 2. The molecule has 0 bridgehead atoms. The van der Waals surface area contributed by atoms with E-state index in [1.165, 1.54) is 25.7 Å². The van der Waals surface area contributed by atoms with E-state index >= 15 is 0 Å². The Bertz CT molecular complexity index is 1050. The molecule has 0 atom stereocenters. The van der Waals surface area contributed by atoms with Gasteiger partial charge in [0.15, 0.2) is 0 Å². The highest BCUT2D eigenvalue weighted by Crippen LogP contribution is 2.22. The SMILES string of the molecule is CCCCCCCOc1ccc(C(=O)Nc2ccc(NC(=O)c3ccccc3)c(C)c2)cc1. The molecule has 3 aromatic carbocycles. The molecule has 0 unspecified atom stereocenters. The van der Waals surface area contributed by atoms with Crippen molar-refractivity contribution in [1.29, 1.82) is 0 Å². The third kappa shape index (κ3) is 7.49. The van der Waals surface area contributed by atoms with E-state index in [1.807, 2.05) is 43.3 Å². The fourth-order valence-corrected chi connectivity index (χ4v) is 3.47. The average Bonchev–Trinajstić information content (AvgIpc) is 2.84. The number of ether oxygens (including phenoxy) is 1. The van der Waals surface area contributed by atoms with Crippen LogP contribution in [0, 0.1) is 6.92 Å². The fraction of sp³-hybridized carbons (Fsp3) is 0.286. The second kappa shape index (κ2) is 12.4. The number of benzene rings is 3. The number of hydrogen-bond acceptors (Lipinski definition) is 3. The third-order valence-electron chi connectivity index (χ3n) is 5.40. The number of hydrogen-bond donors (Lipinski definition) is 2. The highest BCUT2D eigenvalue weighted by atomic mass is 16.5. The van der Waals surface area contributed by atoms with Crippen molar-refractivity contribution in [2.24, 2.45) is 0 Å². The van der Waals surface area contributed by atoms with Crippen LogP contribution in [0.3, 0.4) is 0 Å². The number of aryl methyl sites for hydroxylation is 1. The largest absolute Gasteiger partial charge is 0.494 e. The van der Waals surface area contributed by atoms with Crippen LogP contribution in [0.15, 0.2) is 72.8 Å². The van der Waals surface area contributed by atoms with E-state index in [0.717, 1.165) is 17.7 Å². The van der Waals surface area contributed by atoms with E-state index in [-0.39, 0.29) is 11.8 Å². The Morgan fingerprint density at radius 1 is 0.758 bits per heavy atom. The van der Waals surface area contributed by atoms with Gasteiger partial charge in [0.1, 0.15) is 5.75 Å². The molecule has 0 aliphatic rings. The molecule has 0 aliphatic heterocycles. The topological polar surface area (TPSA) is 67.4 Å². The third-order valence-corrected chi connectivity index (χ3v) is 5.40. The molecule has 172 valence electrons. The summed E-state index contributed by atoms with van der Waals surface area (Å²) in [7, 11) is 0. The highest BCUT2D eigenvalue weighted by Gasteiger charge is 2.10. The Kier molecular flexibility index (Phi) is 9.07. The van der Waals surface area contributed by atoms with Crippen molar-refractivity contribution >= 4 is 23.2 Å². The van der Waals surface area contributed by atoms with E-state index < -0.39 is 0 Å². The molecular weight excluding hydrogens is 412 g/mol. The van der Waals surface area contributed by atoms with Gasteiger partial charge in [0.2, 0.25) is 0 Å². The monoisotopic (exact) mass is 444 g/mol. The normalized spacial score (nSPS) is 10.5. The zero-order valence-corrected chi connectivity index (χ0v) is 19.4. The molecule has 3 rings (SSSR count). The summed E-state index contributed by atoms with van der Waals surface area (Å²) >= 11 is 0. The van der Waals surface area contributed by atoms with Crippen LogP contribution in [0.25, 0.3) is 0 Å². The van der Waals surface area contributed by atoms with Gasteiger partial charge < -0.3 is 15.4 Å². The Morgan fingerprint density at radius 2 is 1.42 bits per heavy atom. The lowest BCUT2D eigenvalue weighted by Gasteiger charge is -2.12. The van der Waals surface area contributed by atoms with E-state index in [0.29, 0.717) is 29.1 Å². The maximum absolute atomic E-state index is 12.6. The van der Waals surface area contributed by atoms with Gasteiger partial charge in [-0.05, 0) is 73.5 Å². The molecule has 0 aromatic heterocycles. The zero-order chi connectivity index (χ0) is 23.5. The lowest BCUT2D eigenvalue weighted by molar-refractivity contribution is 0.101. The quantitative estimate of drug-likeness (QED) is 0.318. The molecule has 0 spiro atoms. The van der Waals surface area contributed by atoms with Crippen molar-refractivity contribution < 1.29 is 14.3 Å². The van der Waals surface area contributed by atoms with Crippen molar-refractivity contribution in [3.8, 4) is 5.75 Å². The van der Waals surface area contributed by atoms with Crippen LogP contribution in [0.2, 0.25) is 0 Å². The first-order valence-electron chi connectivity index (χ1n) is 11.6. The van der Waals surface area contributed by atoms with E-state index in [2.05, 4.69) is 17.6 Å². The van der Waals surface area contributed by atoms with Gasteiger partial charge in [-0.1, -0.05) is 50.8 Å². The van der Waals surface area contributed by atoms with Crippen LogP contribution in [0.5, 0.6) is 5.75 Å². The maximum atomic E-state index is 12.6. The molecule has 0 radical (unpaired) electrons. The van der Waals surface area contributed by atoms with Gasteiger partial charge in [-0.25, -0.2) is 0 Å². The van der Waals surface area contributed by atoms with Crippen LogP contribution in [-0.4, -0.2) is 18.4 Å². The van der Waals surface area contributed by atoms with Gasteiger partial charge >= 0.3 is 0 Å². The second-order valence-electron chi connectivity index (χ2n) is 8.09. The summed E-state index contributed by atoms with van der Waals surface area (Å²) in [6.45, 7) is 4.79. The maximum Gasteiger partial charge on any atom is 0.255 e. The van der Waals surface area contributed by atoms with Crippen LogP contribution >= 0.6 is 0 Å². The summed E-state index contributed by atoms with van der Waals surface area (Å²) in [5.41, 5.74) is 3.39. The zero-order valence-electron chi connectivity index (χ0n) is 19.4. The molecule has 2 amide bonds. The Hall–Kier alpha value is -3.60. The fourth-order valence-electron chi connectivity index (χ4n) is 3.47. The van der Waals surface area contributed by atoms with Crippen molar-refractivity contribution in [1.82, 2.24) is 0 Å². The minimum Gasteiger partial charge on any atom is -0.494 e. The Morgan fingerprint density at radius 3 is 2.12 bits per heavy atom. The Labute approximate surface area is 196 Å². The van der Waals surface area contributed by atoms with Crippen molar-refractivity contribution in [3.05, 3.63) is 89.5 Å². The summed E-state index contributed by atoms with van der Waals surface area (Å²) < 4.78 is 5.77. The van der Waals surface area contributed by atoms with Crippen molar-refractivity contribution in [2.75, 3.05) is 17.2 Å². The molecule has 0 saturated carbocycles. The van der Waals surface area contributed by atoms with Gasteiger partial charge in [0.25, 0.3) is 11.8 Å². The number of rotatable bonds is 11. The predicted molar refractivity (Wildman–Crippen MR) is 134 cm³/mol. The first-order chi connectivity index (χ1) is 16.1. The summed E-state index contributed by atoms with van der Waals surface area (Å²) in [6.07, 6.45) is 5.98. The first-order valence-corrected chi connectivity index (χ1v) is 11.6. The van der Waals surface area contributed by atoms with Crippen molar-refractivity contribution in [2.45, 2.75) is 46.0 Å². The molecule has 3 aromatic rings. The molecule has 0 fully saturated rings. The minimum absolute atomic E-state index is 0.168. The number of anilines is 2. The standard InChI is InChI=1S/C28H32N2O3/c1-3-4-5-6-10-19-33-25-16-13-23(14-17-25)27(31)29-24-15-18-26(21(2)20-24)30-28(32)22-11-8-7-9-12-22/h7-9,11-18,20H,3-6,10,19H2,1-2H3,(H,29,31)(H,30,32). The predicted octanol–water partition coefficient (Wildman–Crippen LogP) is 6.85. The van der Waals surface area contributed by atoms with Crippen LogP contribution in [0.4, 0.5) is 11.4 Å². The van der Waals surface area contributed by atoms with Gasteiger partial charge in [-0.2, -0.15) is 0 Å². The number of unbranched alkanes of at least 4 members (excludes halogenated alkanes) is 4. The number of nitrogens with one attached hydrogen (secondary N) is 2. The summed E-state index contributed by atoms with van der Waals surface area (Å²) in [4.78, 5) is 25.0. The molecule has 0 saturated heterocycles. The van der Waals surface area contributed by atoms with Crippen LogP contribution < -0.4 is 15.4 Å². The molecule has 2 N–H and O–H groups in total. The molecular formula is C28H32N2O3. The van der Waals surface area contributed by atoms with Gasteiger partial charge in [-0.3, -0.25) is 9.59 Å². The lowest BCUT2D eigenvalue weighted by atomic mass is 10.1. The minimum atomic E-state index is -0.193. The average molecular weight is 445 g/mol. The summed E-state index contributed by atoms with van der Waals surface area (Å²) in [5.74, 6) is 0.414. The Balaban J connectivity index is 1.51. The molecule has 5 nitrogen and oxygen atoms in total. The summed E-state index contributed by atoms with van der Waals surface area (Å²) in [6, 6.07) is 21.7. The van der Waals surface area contributed by atoms with Crippen LogP contribution in [0.1, 0.15) is 65.3 Å². The van der Waals surface area contributed by atoms with E-state index in [1.54, 1.807) is 36.4 Å². The molecule has 0 heterocycles. The number of carbonyl (C=O) groups is 2. The smallest absolute Gasteiger partial charge is 0.255 e. The van der Waals surface area contributed by atoms with E-state index in [9.17, 15) is 9.59 Å². The highest BCUT2D eigenvalue weighted by molar-refractivity contribution is 6.06. The first kappa shape index (κ1) is 24.1. The second-order valence-corrected chi connectivity index (χ2v) is 8.09. The summed E-state index contributed by atoms with van der Waals surface area (Å²) in [5, 5.41) is 5.82. The van der Waals surface area contributed by atoms with Gasteiger partial charge in [0, 0.05) is 22.5 Å². The van der Waals surface area contributed by atoms with E-state index in [4.69, 9.17) is 4.74 Å². The lowest BCUT2D eigenvalue weighted by Crippen LogP contribution is -2.14. The van der Waals surface area contributed by atoms with Gasteiger partial charge in [0.05, 0.1) is 6.61 Å². The van der Waals surface area contributed by atoms with Crippen molar-refractivity contribution in [3.63, 3.8) is 0 Å². The molecule has 33 heavy (non-hydrogen) atoms. The molecule has 5 heteroatoms. The van der Waals surface area contributed by atoms with Crippen LogP contribution in [-0.2, 0) is 0 Å². The molecule has 0 aliphatic carbocycles. The number of amides is 2. The van der Waals surface area contributed by atoms with Gasteiger partial charge in [-0.15, -0.1) is 0 Å².